The van der Waals surface area contributed by atoms with Crippen molar-refractivity contribution >= 4 is 23.1 Å². The number of anilines is 1. The molecule has 0 aromatic heterocycles. The van der Waals surface area contributed by atoms with Gasteiger partial charge in [0.15, 0.2) is 0 Å². The largest absolute Gasteiger partial charge is 0.416 e. The number of benzene rings is 2. The molecule has 3 rings (SSSR count). The standard InChI is InChI=1S/C25H27F3N2O3/c1-15(2)33-12-6-11-30-23(31)21(20-10-9-16(3)13-17(20)4)22(24(30)32)29-19-8-5-7-18(14-19)25(26,27)28/h5,7-10,13-15,29H,6,11-12H2,1-4H3. The van der Waals surface area contributed by atoms with Crippen LogP contribution >= 0.6 is 0 Å². The SMILES string of the molecule is Cc1ccc(C2=C(Nc3cccc(C(F)(F)F)c3)C(=O)N(CCCOC(C)C)C2=O)c(C)c1. The Morgan fingerprint density at radius 1 is 1.03 bits per heavy atom. The van der Waals surface area contributed by atoms with E-state index >= 15 is 0 Å². The lowest BCUT2D eigenvalue weighted by molar-refractivity contribution is -0.138. The van der Waals surface area contributed by atoms with Crippen molar-refractivity contribution in [1.29, 1.82) is 0 Å². The Bertz CT molecular complexity index is 1090. The Hall–Kier alpha value is -3.13. The molecule has 2 aromatic rings. The molecule has 1 heterocycles. The van der Waals surface area contributed by atoms with E-state index < -0.39 is 23.6 Å². The Labute approximate surface area is 191 Å². The Morgan fingerprint density at radius 2 is 1.76 bits per heavy atom. The fourth-order valence-electron chi connectivity index (χ4n) is 3.70. The second kappa shape index (κ2) is 9.79. The fourth-order valence-corrected chi connectivity index (χ4v) is 3.70. The molecule has 0 atom stereocenters. The first kappa shape index (κ1) is 24.5. The van der Waals surface area contributed by atoms with Crippen LogP contribution in [0.5, 0.6) is 0 Å². The highest BCUT2D eigenvalue weighted by Crippen LogP contribution is 2.34. The van der Waals surface area contributed by atoms with E-state index in [4.69, 9.17) is 4.74 Å². The third kappa shape index (κ3) is 5.63. The highest BCUT2D eigenvalue weighted by Gasteiger charge is 2.39. The van der Waals surface area contributed by atoms with Gasteiger partial charge in [0.25, 0.3) is 11.8 Å². The van der Waals surface area contributed by atoms with Crippen LogP contribution in [-0.2, 0) is 20.5 Å². The first-order valence-electron chi connectivity index (χ1n) is 10.7. The number of nitrogens with zero attached hydrogens (tertiary/aromatic N) is 1. The van der Waals surface area contributed by atoms with Gasteiger partial charge in [-0.15, -0.1) is 0 Å². The van der Waals surface area contributed by atoms with E-state index in [1.54, 1.807) is 6.07 Å². The molecule has 2 amide bonds. The predicted molar refractivity (Wildman–Crippen MR) is 120 cm³/mol. The topological polar surface area (TPSA) is 58.6 Å². The summed E-state index contributed by atoms with van der Waals surface area (Å²) in [6, 6.07) is 10.0. The van der Waals surface area contributed by atoms with E-state index in [1.165, 1.54) is 12.1 Å². The molecule has 2 aromatic carbocycles. The summed E-state index contributed by atoms with van der Waals surface area (Å²) in [6.45, 7) is 8.05. The van der Waals surface area contributed by atoms with Gasteiger partial charge in [-0.2, -0.15) is 13.2 Å². The Kier molecular flexibility index (Phi) is 7.27. The average molecular weight is 460 g/mol. The highest BCUT2D eigenvalue weighted by molar-refractivity contribution is 6.36. The van der Waals surface area contributed by atoms with Gasteiger partial charge in [-0.25, -0.2) is 0 Å². The van der Waals surface area contributed by atoms with E-state index in [2.05, 4.69) is 5.32 Å². The lowest BCUT2D eigenvalue weighted by atomic mass is 9.97. The van der Waals surface area contributed by atoms with Crippen molar-refractivity contribution in [3.63, 3.8) is 0 Å². The molecular weight excluding hydrogens is 433 g/mol. The third-order valence-corrected chi connectivity index (χ3v) is 5.26. The molecule has 1 aliphatic rings. The van der Waals surface area contributed by atoms with Crippen LogP contribution < -0.4 is 5.32 Å². The number of rotatable bonds is 8. The van der Waals surface area contributed by atoms with Gasteiger partial charge in [0.2, 0.25) is 0 Å². The van der Waals surface area contributed by atoms with E-state index in [1.807, 2.05) is 39.8 Å². The number of hydrogen-bond acceptors (Lipinski definition) is 4. The molecule has 0 radical (unpaired) electrons. The van der Waals surface area contributed by atoms with Gasteiger partial charge in [0.1, 0.15) is 5.70 Å². The van der Waals surface area contributed by atoms with Crippen LogP contribution in [0.4, 0.5) is 18.9 Å². The molecule has 0 bridgehead atoms. The summed E-state index contributed by atoms with van der Waals surface area (Å²) >= 11 is 0. The van der Waals surface area contributed by atoms with E-state index in [0.29, 0.717) is 18.6 Å². The lowest BCUT2D eigenvalue weighted by Gasteiger charge is -2.16. The summed E-state index contributed by atoms with van der Waals surface area (Å²) < 4.78 is 45.0. The van der Waals surface area contributed by atoms with Gasteiger partial charge in [0.05, 0.1) is 17.2 Å². The number of nitrogens with one attached hydrogen (secondary N) is 1. The summed E-state index contributed by atoms with van der Waals surface area (Å²) in [5.74, 6) is -1.05. The van der Waals surface area contributed by atoms with Gasteiger partial charge < -0.3 is 10.1 Å². The molecule has 176 valence electrons. The first-order chi connectivity index (χ1) is 15.5. The van der Waals surface area contributed by atoms with Gasteiger partial charge in [-0.05, 0) is 63.4 Å². The van der Waals surface area contributed by atoms with Crippen molar-refractivity contribution in [3.8, 4) is 0 Å². The first-order valence-corrected chi connectivity index (χ1v) is 10.7. The van der Waals surface area contributed by atoms with Crippen LogP contribution in [0.1, 0.15) is 42.5 Å². The van der Waals surface area contributed by atoms with E-state index in [9.17, 15) is 22.8 Å². The minimum Gasteiger partial charge on any atom is -0.379 e. The number of alkyl halides is 3. The summed E-state index contributed by atoms with van der Waals surface area (Å²) in [6.07, 6.45) is -4.05. The van der Waals surface area contributed by atoms with Crippen molar-refractivity contribution in [2.24, 2.45) is 0 Å². The minimum atomic E-state index is -4.53. The predicted octanol–water partition coefficient (Wildman–Crippen LogP) is 5.33. The number of aryl methyl sites for hydroxylation is 2. The molecule has 33 heavy (non-hydrogen) atoms. The molecule has 0 aliphatic carbocycles. The molecule has 1 N–H and O–H groups in total. The molecule has 0 saturated heterocycles. The zero-order chi connectivity index (χ0) is 24.3. The summed E-state index contributed by atoms with van der Waals surface area (Å²) in [7, 11) is 0. The summed E-state index contributed by atoms with van der Waals surface area (Å²) in [5.41, 5.74) is 1.70. The monoisotopic (exact) mass is 460 g/mol. The van der Waals surface area contributed by atoms with Crippen molar-refractivity contribution in [3.05, 3.63) is 70.4 Å². The zero-order valence-electron chi connectivity index (χ0n) is 19.0. The summed E-state index contributed by atoms with van der Waals surface area (Å²) in [4.78, 5) is 27.6. The van der Waals surface area contributed by atoms with Crippen molar-refractivity contribution < 1.29 is 27.5 Å². The van der Waals surface area contributed by atoms with Crippen LogP contribution in [0.25, 0.3) is 5.57 Å². The smallest absolute Gasteiger partial charge is 0.379 e. The van der Waals surface area contributed by atoms with Crippen LogP contribution in [0.3, 0.4) is 0 Å². The van der Waals surface area contributed by atoms with Crippen LogP contribution in [0.2, 0.25) is 0 Å². The molecule has 0 saturated carbocycles. The maximum Gasteiger partial charge on any atom is 0.416 e. The average Bonchev–Trinajstić information content (AvgIpc) is 2.95. The maximum atomic E-state index is 13.3. The molecule has 0 spiro atoms. The van der Waals surface area contributed by atoms with Crippen molar-refractivity contribution in [2.45, 2.75) is 46.4 Å². The number of ether oxygens (including phenoxy) is 1. The normalized spacial score (nSPS) is 14.6. The zero-order valence-corrected chi connectivity index (χ0v) is 19.0. The van der Waals surface area contributed by atoms with Crippen LogP contribution in [0.15, 0.2) is 48.2 Å². The fraction of sp³-hybridized carbons (Fsp3) is 0.360. The van der Waals surface area contributed by atoms with Gasteiger partial charge >= 0.3 is 6.18 Å². The number of imide groups is 1. The van der Waals surface area contributed by atoms with Crippen LogP contribution in [-0.4, -0.2) is 36.0 Å². The molecule has 0 fully saturated rings. The molecular formula is C25H27F3N2O3. The second-order valence-corrected chi connectivity index (χ2v) is 8.31. The van der Waals surface area contributed by atoms with E-state index in [-0.39, 0.29) is 29.6 Å². The number of carbonyl (C=O) groups excluding carboxylic acids is 2. The van der Waals surface area contributed by atoms with Crippen molar-refractivity contribution in [2.75, 3.05) is 18.5 Å². The quantitative estimate of drug-likeness (QED) is 0.427. The van der Waals surface area contributed by atoms with Gasteiger partial charge in [-0.1, -0.05) is 29.8 Å². The molecule has 1 aliphatic heterocycles. The molecule has 0 unspecified atom stereocenters. The maximum absolute atomic E-state index is 13.3. The molecule has 8 heteroatoms. The number of carbonyl (C=O) groups is 2. The van der Waals surface area contributed by atoms with Crippen LogP contribution in [0, 0.1) is 13.8 Å². The van der Waals surface area contributed by atoms with Gasteiger partial charge in [-0.3, -0.25) is 14.5 Å². The second-order valence-electron chi connectivity index (χ2n) is 8.31. The number of halogens is 3. The minimum absolute atomic E-state index is 0.0250. The highest BCUT2D eigenvalue weighted by atomic mass is 19.4. The summed E-state index contributed by atoms with van der Waals surface area (Å²) in [5, 5.41) is 2.80. The van der Waals surface area contributed by atoms with Gasteiger partial charge in [0, 0.05) is 18.8 Å². The number of hydrogen-bond donors (Lipinski definition) is 1. The Morgan fingerprint density at radius 3 is 2.39 bits per heavy atom. The lowest BCUT2D eigenvalue weighted by Crippen LogP contribution is -2.34. The van der Waals surface area contributed by atoms with Crippen molar-refractivity contribution in [1.82, 2.24) is 4.90 Å². The molecule has 5 nitrogen and oxygen atoms in total. The third-order valence-electron chi connectivity index (χ3n) is 5.26. The number of amides is 2. The van der Waals surface area contributed by atoms with E-state index in [0.717, 1.165) is 28.2 Å². The Balaban J connectivity index is 1.98.